The van der Waals surface area contributed by atoms with Crippen LogP contribution in [0.1, 0.15) is 5.56 Å². The number of benzene rings is 1. The number of hydrogen-bond acceptors (Lipinski definition) is 3. The number of halogens is 2. The van der Waals surface area contributed by atoms with Crippen molar-refractivity contribution in [3.63, 3.8) is 0 Å². The van der Waals surface area contributed by atoms with Gasteiger partial charge in [0.15, 0.2) is 11.6 Å². The highest BCUT2D eigenvalue weighted by atomic mass is 19.2. The summed E-state index contributed by atoms with van der Waals surface area (Å²) in [4.78, 5) is 2.28. The van der Waals surface area contributed by atoms with Gasteiger partial charge in [0.05, 0.1) is 0 Å². The first-order valence-electron chi connectivity index (χ1n) is 6.22. The summed E-state index contributed by atoms with van der Waals surface area (Å²) in [5, 5.41) is 6.68. The first-order chi connectivity index (χ1) is 8.65. The van der Waals surface area contributed by atoms with Crippen molar-refractivity contribution in [1.29, 1.82) is 0 Å². The molecule has 5 heteroatoms. The second kappa shape index (κ2) is 6.22. The van der Waals surface area contributed by atoms with Crippen molar-refractivity contribution in [2.24, 2.45) is 0 Å². The van der Waals surface area contributed by atoms with Gasteiger partial charge in [-0.3, -0.25) is 0 Å². The Balaban J connectivity index is 1.76. The van der Waals surface area contributed by atoms with Crippen LogP contribution in [0.3, 0.4) is 0 Å². The fourth-order valence-corrected chi connectivity index (χ4v) is 2.17. The average Bonchev–Trinajstić information content (AvgIpc) is 2.34. The van der Waals surface area contributed by atoms with Gasteiger partial charge in [-0.15, -0.1) is 0 Å². The molecule has 1 aromatic rings. The SMILES string of the molecule is CN1CCNC(CNCc2ccc(F)c(F)c2)C1. The molecule has 2 rings (SSSR count). The van der Waals surface area contributed by atoms with Crippen molar-refractivity contribution in [3.05, 3.63) is 35.4 Å². The molecule has 0 amide bonds. The molecule has 0 bridgehead atoms. The van der Waals surface area contributed by atoms with Crippen LogP contribution in [0.4, 0.5) is 8.78 Å². The summed E-state index contributed by atoms with van der Waals surface area (Å²) in [6, 6.07) is 4.42. The lowest BCUT2D eigenvalue weighted by molar-refractivity contribution is 0.235. The van der Waals surface area contributed by atoms with Crippen LogP contribution < -0.4 is 10.6 Å². The van der Waals surface area contributed by atoms with E-state index in [1.807, 2.05) is 0 Å². The fourth-order valence-electron chi connectivity index (χ4n) is 2.17. The normalized spacial score (nSPS) is 21.2. The molecule has 0 aliphatic carbocycles. The van der Waals surface area contributed by atoms with Crippen LogP contribution in [0.5, 0.6) is 0 Å². The molecule has 0 radical (unpaired) electrons. The molecule has 0 spiro atoms. The molecule has 1 atom stereocenters. The lowest BCUT2D eigenvalue weighted by Crippen LogP contribution is -2.52. The van der Waals surface area contributed by atoms with Gasteiger partial charge >= 0.3 is 0 Å². The van der Waals surface area contributed by atoms with Crippen LogP contribution in [0.2, 0.25) is 0 Å². The molecule has 100 valence electrons. The zero-order valence-electron chi connectivity index (χ0n) is 10.5. The Bertz CT molecular complexity index is 398. The molecule has 1 aromatic carbocycles. The van der Waals surface area contributed by atoms with Crippen LogP contribution >= 0.6 is 0 Å². The molecule has 1 fully saturated rings. The second-order valence-electron chi connectivity index (χ2n) is 4.79. The number of nitrogens with one attached hydrogen (secondary N) is 2. The minimum Gasteiger partial charge on any atom is -0.311 e. The van der Waals surface area contributed by atoms with Gasteiger partial charge in [0, 0.05) is 38.8 Å². The van der Waals surface area contributed by atoms with Crippen LogP contribution in [-0.2, 0) is 6.54 Å². The van der Waals surface area contributed by atoms with Crippen LogP contribution in [0, 0.1) is 11.6 Å². The molecule has 1 saturated heterocycles. The number of nitrogens with zero attached hydrogens (tertiary/aromatic N) is 1. The largest absolute Gasteiger partial charge is 0.311 e. The third kappa shape index (κ3) is 3.73. The van der Waals surface area contributed by atoms with Crippen molar-refractivity contribution < 1.29 is 8.78 Å². The third-order valence-corrected chi connectivity index (χ3v) is 3.16. The lowest BCUT2D eigenvalue weighted by atomic mass is 10.2. The van der Waals surface area contributed by atoms with Crippen molar-refractivity contribution in [3.8, 4) is 0 Å². The molecular weight excluding hydrogens is 236 g/mol. The molecule has 3 nitrogen and oxygen atoms in total. The fraction of sp³-hybridized carbons (Fsp3) is 0.538. The zero-order chi connectivity index (χ0) is 13.0. The number of hydrogen-bond donors (Lipinski definition) is 2. The topological polar surface area (TPSA) is 27.3 Å². The van der Waals surface area contributed by atoms with E-state index < -0.39 is 11.6 Å². The Morgan fingerprint density at radius 3 is 2.94 bits per heavy atom. The van der Waals surface area contributed by atoms with E-state index in [1.165, 1.54) is 12.1 Å². The summed E-state index contributed by atoms with van der Waals surface area (Å²) in [5.74, 6) is -1.58. The maximum Gasteiger partial charge on any atom is 0.159 e. The van der Waals surface area contributed by atoms with E-state index in [-0.39, 0.29) is 0 Å². The molecule has 1 aliphatic heterocycles. The molecular formula is C13H19F2N3. The lowest BCUT2D eigenvalue weighted by Gasteiger charge is -2.31. The molecule has 1 unspecified atom stereocenters. The maximum atomic E-state index is 13.0. The minimum absolute atomic E-state index is 0.411. The molecule has 2 N–H and O–H groups in total. The molecule has 1 heterocycles. The molecule has 0 aromatic heterocycles. The first kappa shape index (κ1) is 13.4. The van der Waals surface area contributed by atoms with Crippen LogP contribution in [0.15, 0.2) is 18.2 Å². The van der Waals surface area contributed by atoms with Gasteiger partial charge in [-0.25, -0.2) is 8.78 Å². The summed E-state index contributed by atoms with van der Waals surface area (Å²) in [5.41, 5.74) is 0.762. The Morgan fingerprint density at radius 1 is 1.39 bits per heavy atom. The smallest absolute Gasteiger partial charge is 0.159 e. The highest BCUT2D eigenvalue weighted by molar-refractivity contribution is 5.17. The van der Waals surface area contributed by atoms with Crippen molar-refractivity contribution in [2.75, 3.05) is 33.2 Å². The summed E-state index contributed by atoms with van der Waals surface area (Å²) in [7, 11) is 2.10. The van der Waals surface area contributed by atoms with Gasteiger partial charge in [0.2, 0.25) is 0 Å². The Hall–Kier alpha value is -1.04. The molecule has 18 heavy (non-hydrogen) atoms. The van der Waals surface area contributed by atoms with E-state index >= 15 is 0 Å². The van der Waals surface area contributed by atoms with E-state index in [4.69, 9.17) is 0 Å². The van der Waals surface area contributed by atoms with Gasteiger partial charge in [0.1, 0.15) is 0 Å². The predicted molar refractivity (Wildman–Crippen MR) is 67.4 cm³/mol. The summed E-state index contributed by atoms with van der Waals surface area (Å²) in [6.07, 6.45) is 0. The quantitative estimate of drug-likeness (QED) is 0.839. The average molecular weight is 255 g/mol. The Morgan fingerprint density at radius 2 is 2.22 bits per heavy atom. The Kier molecular flexibility index (Phi) is 4.63. The standard InChI is InChI=1S/C13H19F2N3/c1-18-5-4-17-11(9-18)8-16-7-10-2-3-12(14)13(15)6-10/h2-3,6,11,16-17H,4-5,7-9H2,1H3. The van der Waals surface area contributed by atoms with E-state index in [9.17, 15) is 8.78 Å². The molecule has 1 aliphatic rings. The summed E-state index contributed by atoms with van der Waals surface area (Å²) >= 11 is 0. The number of piperazine rings is 1. The Labute approximate surface area is 106 Å². The van der Waals surface area contributed by atoms with Gasteiger partial charge in [-0.05, 0) is 24.7 Å². The van der Waals surface area contributed by atoms with Gasteiger partial charge < -0.3 is 15.5 Å². The van der Waals surface area contributed by atoms with E-state index in [0.29, 0.717) is 12.6 Å². The molecule has 0 saturated carbocycles. The van der Waals surface area contributed by atoms with Gasteiger partial charge in [0.25, 0.3) is 0 Å². The summed E-state index contributed by atoms with van der Waals surface area (Å²) < 4.78 is 25.7. The third-order valence-electron chi connectivity index (χ3n) is 3.16. The number of likely N-dealkylation sites (N-methyl/N-ethyl adjacent to an activating group) is 1. The van der Waals surface area contributed by atoms with Crippen molar-refractivity contribution in [1.82, 2.24) is 15.5 Å². The zero-order valence-corrected chi connectivity index (χ0v) is 10.5. The van der Waals surface area contributed by atoms with Crippen LogP contribution in [0.25, 0.3) is 0 Å². The van der Waals surface area contributed by atoms with E-state index in [1.54, 1.807) is 6.07 Å². The second-order valence-corrected chi connectivity index (χ2v) is 4.79. The number of rotatable bonds is 4. The monoisotopic (exact) mass is 255 g/mol. The summed E-state index contributed by atoms with van der Waals surface area (Å²) in [6.45, 7) is 4.45. The van der Waals surface area contributed by atoms with Crippen molar-refractivity contribution in [2.45, 2.75) is 12.6 Å². The van der Waals surface area contributed by atoms with E-state index in [0.717, 1.165) is 31.7 Å². The first-order valence-corrected chi connectivity index (χ1v) is 6.22. The van der Waals surface area contributed by atoms with E-state index in [2.05, 4.69) is 22.6 Å². The predicted octanol–water partition coefficient (Wildman–Crippen LogP) is 0.958. The maximum absolute atomic E-state index is 13.0. The minimum atomic E-state index is -0.797. The van der Waals surface area contributed by atoms with Crippen molar-refractivity contribution >= 4 is 0 Å². The van der Waals surface area contributed by atoms with Gasteiger partial charge in [-0.2, -0.15) is 0 Å². The highest BCUT2D eigenvalue weighted by Gasteiger charge is 2.15. The highest BCUT2D eigenvalue weighted by Crippen LogP contribution is 2.08. The van der Waals surface area contributed by atoms with Gasteiger partial charge in [-0.1, -0.05) is 6.07 Å². The van der Waals surface area contributed by atoms with Crippen LogP contribution in [-0.4, -0.2) is 44.2 Å².